The highest BCUT2D eigenvalue weighted by atomic mass is 16.5. The molecule has 1 amide bonds. The topological polar surface area (TPSA) is 52.5 Å². The van der Waals surface area contributed by atoms with Gasteiger partial charge in [0.25, 0.3) is 0 Å². The van der Waals surface area contributed by atoms with Crippen LogP contribution in [-0.4, -0.2) is 36.8 Å². The number of hydrogen-bond acceptors (Lipinski definition) is 3. The van der Waals surface area contributed by atoms with Crippen LogP contribution in [0, 0.1) is 0 Å². The summed E-state index contributed by atoms with van der Waals surface area (Å²) in [5.41, 5.74) is 1.03. The molecule has 5 heteroatoms. The average Bonchev–Trinajstić information content (AvgIpc) is 3.13. The van der Waals surface area contributed by atoms with Crippen molar-refractivity contribution in [2.75, 3.05) is 14.2 Å². The van der Waals surface area contributed by atoms with Crippen LogP contribution in [0.5, 0.6) is 5.75 Å². The number of carbonyl (C=O) groups excluding carboxylic acids is 1. The van der Waals surface area contributed by atoms with E-state index in [0.29, 0.717) is 6.54 Å². The van der Waals surface area contributed by atoms with Crippen LogP contribution in [0.25, 0.3) is 10.9 Å². The Morgan fingerprint density at radius 2 is 2.18 bits per heavy atom. The van der Waals surface area contributed by atoms with E-state index in [-0.39, 0.29) is 18.1 Å². The molecule has 2 unspecified atom stereocenters. The first-order chi connectivity index (χ1) is 10.7. The van der Waals surface area contributed by atoms with Crippen molar-refractivity contribution in [3.8, 4) is 5.75 Å². The molecule has 0 saturated heterocycles. The summed E-state index contributed by atoms with van der Waals surface area (Å²) in [6.07, 6.45) is 5.21. The SMILES string of the molecule is COc1ccc2c(ccn2CC(=O)NC2CCCC2OC)c1. The summed E-state index contributed by atoms with van der Waals surface area (Å²) in [5.74, 6) is 0.853. The van der Waals surface area contributed by atoms with E-state index in [4.69, 9.17) is 9.47 Å². The highest BCUT2D eigenvalue weighted by molar-refractivity contribution is 5.84. The van der Waals surface area contributed by atoms with Gasteiger partial charge >= 0.3 is 0 Å². The molecule has 3 rings (SSSR count). The number of benzene rings is 1. The van der Waals surface area contributed by atoms with Crippen LogP contribution in [0.4, 0.5) is 0 Å². The van der Waals surface area contributed by atoms with Crippen molar-refractivity contribution < 1.29 is 14.3 Å². The van der Waals surface area contributed by atoms with Crippen LogP contribution in [0.3, 0.4) is 0 Å². The van der Waals surface area contributed by atoms with Gasteiger partial charge in [0.15, 0.2) is 0 Å². The Hall–Kier alpha value is -2.01. The number of aromatic nitrogens is 1. The summed E-state index contributed by atoms with van der Waals surface area (Å²) in [4.78, 5) is 12.3. The minimum atomic E-state index is 0.0299. The fourth-order valence-corrected chi connectivity index (χ4v) is 3.22. The first-order valence-electron chi connectivity index (χ1n) is 7.66. The second kappa shape index (κ2) is 6.40. The van der Waals surface area contributed by atoms with E-state index in [1.807, 2.05) is 35.0 Å². The molecule has 22 heavy (non-hydrogen) atoms. The number of carbonyl (C=O) groups is 1. The first kappa shape index (κ1) is 14.9. The quantitative estimate of drug-likeness (QED) is 0.922. The van der Waals surface area contributed by atoms with Crippen molar-refractivity contribution in [2.45, 2.75) is 38.0 Å². The predicted octanol–water partition coefficient (Wildman–Crippen LogP) is 2.33. The Morgan fingerprint density at radius 3 is 2.95 bits per heavy atom. The Balaban J connectivity index is 1.69. The molecule has 1 aromatic heterocycles. The van der Waals surface area contributed by atoms with Crippen LogP contribution < -0.4 is 10.1 Å². The molecule has 1 N–H and O–H groups in total. The summed E-state index contributed by atoms with van der Waals surface area (Å²) >= 11 is 0. The maximum atomic E-state index is 12.3. The van der Waals surface area contributed by atoms with E-state index < -0.39 is 0 Å². The standard InChI is InChI=1S/C17H22N2O3/c1-21-13-6-7-15-12(10-13)8-9-19(15)11-17(20)18-14-4-3-5-16(14)22-2/h6-10,14,16H,3-5,11H2,1-2H3,(H,18,20). The number of nitrogens with one attached hydrogen (secondary N) is 1. The van der Waals surface area contributed by atoms with Crippen LogP contribution in [0.15, 0.2) is 30.5 Å². The second-order valence-electron chi connectivity index (χ2n) is 5.75. The van der Waals surface area contributed by atoms with Crippen LogP contribution in [0.2, 0.25) is 0 Å². The summed E-state index contributed by atoms with van der Waals surface area (Å²) in [5, 5.41) is 4.17. The minimum absolute atomic E-state index is 0.0299. The van der Waals surface area contributed by atoms with Gasteiger partial charge in [0.05, 0.1) is 19.3 Å². The van der Waals surface area contributed by atoms with Crippen molar-refractivity contribution in [2.24, 2.45) is 0 Å². The van der Waals surface area contributed by atoms with Gasteiger partial charge in [0.2, 0.25) is 5.91 Å². The van der Waals surface area contributed by atoms with E-state index >= 15 is 0 Å². The van der Waals surface area contributed by atoms with Gasteiger partial charge in [-0.25, -0.2) is 0 Å². The monoisotopic (exact) mass is 302 g/mol. The van der Waals surface area contributed by atoms with Gasteiger partial charge in [-0.2, -0.15) is 0 Å². The molecule has 5 nitrogen and oxygen atoms in total. The molecule has 0 radical (unpaired) electrons. The predicted molar refractivity (Wildman–Crippen MR) is 85.1 cm³/mol. The summed E-state index contributed by atoms with van der Waals surface area (Å²) in [7, 11) is 3.36. The molecule has 1 aliphatic rings. The smallest absolute Gasteiger partial charge is 0.240 e. The molecule has 1 saturated carbocycles. The minimum Gasteiger partial charge on any atom is -0.497 e. The largest absolute Gasteiger partial charge is 0.497 e. The lowest BCUT2D eigenvalue weighted by Crippen LogP contribution is -2.42. The first-order valence-corrected chi connectivity index (χ1v) is 7.66. The molecule has 1 aliphatic carbocycles. The fourth-order valence-electron chi connectivity index (χ4n) is 3.22. The zero-order valence-electron chi connectivity index (χ0n) is 13.0. The second-order valence-corrected chi connectivity index (χ2v) is 5.75. The van der Waals surface area contributed by atoms with Crippen LogP contribution in [0.1, 0.15) is 19.3 Å². The molecule has 2 atom stereocenters. The maximum absolute atomic E-state index is 12.3. The maximum Gasteiger partial charge on any atom is 0.240 e. The normalized spacial score (nSPS) is 21.2. The van der Waals surface area contributed by atoms with Crippen molar-refractivity contribution in [3.05, 3.63) is 30.5 Å². The van der Waals surface area contributed by atoms with Crippen LogP contribution in [-0.2, 0) is 16.1 Å². The zero-order chi connectivity index (χ0) is 15.5. The number of ether oxygens (including phenoxy) is 2. The molecule has 118 valence electrons. The Kier molecular flexibility index (Phi) is 4.34. The molecule has 1 aromatic carbocycles. The third-order valence-electron chi connectivity index (χ3n) is 4.39. The van der Waals surface area contributed by atoms with Crippen LogP contribution >= 0.6 is 0 Å². The van der Waals surface area contributed by atoms with Crippen molar-refractivity contribution in [1.29, 1.82) is 0 Å². The number of hydrogen-bond donors (Lipinski definition) is 1. The number of amides is 1. The van der Waals surface area contributed by atoms with Gasteiger partial charge in [-0.3, -0.25) is 4.79 Å². The number of rotatable bonds is 5. The fraction of sp³-hybridized carbons (Fsp3) is 0.471. The number of methoxy groups -OCH3 is 2. The van der Waals surface area contributed by atoms with Crippen molar-refractivity contribution in [1.82, 2.24) is 9.88 Å². The molecule has 1 heterocycles. The zero-order valence-corrected chi connectivity index (χ0v) is 13.0. The Bertz CT molecular complexity index is 665. The van der Waals surface area contributed by atoms with E-state index in [2.05, 4.69) is 5.32 Å². The Morgan fingerprint density at radius 1 is 1.32 bits per heavy atom. The van der Waals surface area contributed by atoms with Crippen molar-refractivity contribution >= 4 is 16.8 Å². The lowest BCUT2D eigenvalue weighted by molar-refractivity contribution is -0.123. The molecular weight excluding hydrogens is 280 g/mol. The van der Waals surface area contributed by atoms with Gasteiger partial charge < -0.3 is 19.4 Å². The van der Waals surface area contributed by atoms with Gasteiger partial charge in [-0.1, -0.05) is 0 Å². The van der Waals surface area contributed by atoms with Crippen molar-refractivity contribution in [3.63, 3.8) is 0 Å². The van der Waals surface area contributed by atoms with E-state index in [9.17, 15) is 4.79 Å². The molecular formula is C17H22N2O3. The summed E-state index contributed by atoms with van der Waals surface area (Å²) in [6.45, 7) is 0.322. The summed E-state index contributed by atoms with van der Waals surface area (Å²) < 4.78 is 12.6. The third kappa shape index (κ3) is 2.95. The summed E-state index contributed by atoms with van der Waals surface area (Å²) in [6, 6.07) is 8.00. The van der Waals surface area contributed by atoms with E-state index in [0.717, 1.165) is 35.9 Å². The molecule has 2 aromatic rings. The highest BCUT2D eigenvalue weighted by Gasteiger charge is 2.28. The lowest BCUT2D eigenvalue weighted by Gasteiger charge is -2.19. The molecule has 0 spiro atoms. The van der Waals surface area contributed by atoms with E-state index in [1.165, 1.54) is 0 Å². The van der Waals surface area contributed by atoms with Gasteiger partial charge in [-0.15, -0.1) is 0 Å². The average molecular weight is 302 g/mol. The van der Waals surface area contributed by atoms with Gasteiger partial charge in [-0.05, 0) is 43.5 Å². The number of nitrogens with zero attached hydrogens (tertiary/aromatic N) is 1. The van der Waals surface area contributed by atoms with Gasteiger partial charge in [0, 0.05) is 24.2 Å². The lowest BCUT2D eigenvalue weighted by atomic mass is 10.2. The highest BCUT2D eigenvalue weighted by Crippen LogP contribution is 2.23. The molecule has 0 bridgehead atoms. The van der Waals surface area contributed by atoms with Gasteiger partial charge in [0.1, 0.15) is 12.3 Å². The Labute approximate surface area is 130 Å². The molecule has 1 fully saturated rings. The van der Waals surface area contributed by atoms with E-state index in [1.54, 1.807) is 14.2 Å². The molecule has 0 aliphatic heterocycles. The third-order valence-corrected chi connectivity index (χ3v) is 4.39. The number of fused-ring (bicyclic) bond motifs is 1.